The molecule has 0 atom stereocenters. The Kier molecular flexibility index (Phi) is 5.41. The van der Waals surface area contributed by atoms with Crippen LogP contribution in [0.4, 0.5) is 0 Å². The number of aromatic nitrogens is 2. The van der Waals surface area contributed by atoms with Gasteiger partial charge in [0, 0.05) is 24.1 Å². The van der Waals surface area contributed by atoms with Gasteiger partial charge in [-0.15, -0.1) is 6.58 Å². The summed E-state index contributed by atoms with van der Waals surface area (Å²) in [4.78, 5) is 28.4. The third-order valence-electron chi connectivity index (χ3n) is 5.40. The van der Waals surface area contributed by atoms with Crippen molar-refractivity contribution in [3.63, 3.8) is 0 Å². The topological polar surface area (TPSA) is 85.3 Å². The van der Waals surface area contributed by atoms with E-state index < -0.39 is 0 Å². The molecular weight excluding hydrogens is 414 g/mol. The number of fused-ring (bicyclic) bond motifs is 2. The maximum atomic E-state index is 12.8. The van der Waals surface area contributed by atoms with Gasteiger partial charge in [-0.05, 0) is 48.1 Å². The molecule has 1 aliphatic heterocycles. The lowest BCUT2D eigenvalue weighted by atomic mass is 9.84. The Hall–Kier alpha value is -3.39. The molecule has 2 N–H and O–H groups in total. The van der Waals surface area contributed by atoms with E-state index in [0.29, 0.717) is 40.1 Å². The molecular formula is C23H23N3O4S. The number of allylic oxidation sites excluding steroid dienone is 1. The minimum atomic E-state index is -0.328. The molecule has 0 saturated heterocycles. The fraction of sp³-hybridized carbons (Fsp3) is 0.261. The Morgan fingerprint density at radius 2 is 2.03 bits per heavy atom. The lowest BCUT2D eigenvalue weighted by molar-refractivity contribution is 0.0946. The monoisotopic (exact) mass is 437 g/mol. The van der Waals surface area contributed by atoms with E-state index >= 15 is 0 Å². The van der Waals surface area contributed by atoms with Crippen molar-refractivity contribution in [2.24, 2.45) is 0 Å². The molecule has 0 fully saturated rings. The zero-order chi connectivity index (χ0) is 22.2. The minimum Gasteiger partial charge on any atom is -0.454 e. The van der Waals surface area contributed by atoms with Crippen LogP contribution in [0.15, 0.2) is 53.8 Å². The normalized spacial score (nSPS) is 12.7. The Labute approximate surface area is 184 Å². The average molecular weight is 438 g/mol. The summed E-state index contributed by atoms with van der Waals surface area (Å²) in [6.07, 6.45) is 1.61. The van der Waals surface area contributed by atoms with Crippen LogP contribution >= 0.6 is 12.2 Å². The summed E-state index contributed by atoms with van der Waals surface area (Å²) in [5.41, 5.74) is 1.46. The lowest BCUT2D eigenvalue weighted by Crippen LogP contribution is -2.36. The van der Waals surface area contributed by atoms with Crippen LogP contribution in [0.2, 0.25) is 0 Å². The third kappa shape index (κ3) is 3.98. The number of amides is 1. The summed E-state index contributed by atoms with van der Waals surface area (Å²) in [7, 11) is 0. The van der Waals surface area contributed by atoms with Gasteiger partial charge in [-0.1, -0.05) is 26.0 Å². The molecule has 160 valence electrons. The average Bonchev–Trinajstić information content (AvgIpc) is 3.22. The van der Waals surface area contributed by atoms with Gasteiger partial charge in [0.15, 0.2) is 16.3 Å². The highest BCUT2D eigenvalue weighted by atomic mass is 32.1. The van der Waals surface area contributed by atoms with Crippen LogP contribution in [0.5, 0.6) is 11.5 Å². The Balaban J connectivity index is 1.54. The molecule has 0 spiro atoms. The number of carbonyl (C=O) groups excluding carboxylic acids is 1. The first kappa shape index (κ1) is 20.9. The van der Waals surface area contributed by atoms with Crippen LogP contribution in [0, 0.1) is 4.77 Å². The van der Waals surface area contributed by atoms with Gasteiger partial charge in [0.1, 0.15) is 0 Å². The Morgan fingerprint density at radius 3 is 2.81 bits per heavy atom. The number of nitrogens with zero attached hydrogens (tertiary/aromatic N) is 1. The molecule has 8 heteroatoms. The van der Waals surface area contributed by atoms with Crippen LogP contribution in [0.3, 0.4) is 0 Å². The summed E-state index contributed by atoms with van der Waals surface area (Å²) in [6, 6.07) is 10.7. The smallest absolute Gasteiger partial charge is 0.262 e. The lowest BCUT2D eigenvalue weighted by Gasteiger charge is -2.26. The number of carbonyl (C=O) groups is 1. The second-order valence-electron chi connectivity index (χ2n) is 8.03. The van der Waals surface area contributed by atoms with Crippen molar-refractivity contribution in [1.29, 1.82) is 0 Å². The standard InChI is InChI=1S/C23H23N3O4S/c1-4-9-26-21(28)16-7-5-14(10-17(16)25-22(26)31)20(27)24-12-23(2,3)15-6-8-18-19(11-15)30-13-29-18/h4-8,10-11H,1,9,12-13H2,2-3H3,(H,24,27)(H,25,31). The fourth-order valence-corrected chi connectivity index (χ4v) is 3.78. The van der Waals surface area contributed by atoms with Gasteiger partial charge in [0.05, 0.1) is 10.9 Å². The molecule has 4 rings (SSSR count). The van der Waals surface area contributed by atoms with Gasteiger partial charge in [0.25, 0.3) is 11.5 Å². The van der Waals surface area contributed by atoms with Gasteiger partial charge in [-0.2, -0.15) is 0 Å². The number of hydrogen-bond acceptors (Lipinski definition) is 5. The largest absolute Gasteiger partial charge is 0.454 e. The molecule has 3 aromatic rings. The molecule has 7 nitrogen and oxygen atoms in total. The molecule has 1 aromatic heterocycles. The Bertz CT molecular complexity index is 1310. The van der Waals surface area contributed by atoms with Gasteiger partial charge in [0.2, 0.25) is 6.79 Å². The van der Waals surface area contributed by atoms with Gasteiger partial charge >= 0.3 is 0 Å². The first-order valence-corrected chi connectivity index (χ1v) is 10.3. The van der Waals surface area contributed by atoms with E-state index in [4.69, 9.17) is 21.7 Å². The highest BCUT2D eigenvalue weighted by Crippen LogP contribution is 2.36. The van der Waals surface area contributed by atoms with E-state index in [0.717, 1.165) is 11.3 Å². The number of hydrogen-bond donors (Lipinski definition) is 2. The summed E-state index contributed by atoms with van der Waals surface area (Å²) in [5, 5.41) is 3.45. The van der Waals surface area contributed by atoms with E-state index in [1.54, 1.807) is 24.3 Å². The molecule has 1 aliphatic rings. The number of H-pyrrole nitrogens is 1. The molecule has 2 heterocycles. The summed E-state index contributed by atoms with van der Waals surface area (Å²) in [6.45, 7) is 8.70. The maximum Gasteiger partial charge on any atom is 0.262 e. The van der Waals surface area contributed by atoms with E-state index in [1.165, 1.54) is 4.57 Å². The molecule has 0 aliphatic carbocycles. The molecule has 0 unspecified atom stereocenters. The number of ether oxygens (including phenoxy) is 2. The van der Waals surface area contributed by atoms with Crippen LogP contribution < -0.4 is 20.3 Å². The van der Waals surface area contributed by atoms with Crippen LogP contribution in [0.25, 0.3) is 10.9 Å². The summed E-state index contributed by atoms with van der Waals surface area (Å²) in [5.74, 6) is 1.21. The van der Waals surface area contributed by atoms with Crippen molar-refractivity contribution in [1.82, 2.24) is 14.9 Å². The molecule has 0 bridgehead atoms. The molecule has 1 amide bonds. The van der Waals surface area contributed by atoms with Crippen molar-refractivity contribution in [2.75, 3.05) is 13.3 Å². The quantitative estimate of drug-likeness (QED) is 0.454. The minimum absolute atomic E-state index is 0.213. The van der Waals surface area contributed by atoms with Crippen molar-refractivity contribution in [3.8, 4) is 11.5 Å². The maximum absolute atomic E-state index is 12.8. The van der Waals surface area contributed by atoms with Crippen molar-refractivity contribution in [2.45, 2.75) is 25.8 Å². The molecule has 0 saturated carbocycles. The number of aromatic amines is 1. The number of rotatable bonds is 6. The first-order chi connectivity index (χ1) is 14.8. The van der Waals surface area contributed by atoms with E-state index in [1.807, 2.05) is 32.0 Å². The molecule has 0 radical (unpaired) electrons. The summed E-state index contributed by atoms with van der Waals surface area (Å²) < 4.78 is 12.5. The van der Waals surface area contributed by atoms with Gasteiger partial charge in [-0.3, -0.25) is 14.2 Å². The van der Waals surface area contributed by atoms with Crippen LogP contribution in [-0.2, 0) is 12.0 Å². The highest BCUT2D eigenvalue weighted by Gasteiger charge is 2.25. The second kappa shape index (κ2) is 8.03. The third-order valence-corrected chi connectivity index (χ3v) is 5.72. The molecule has 2 aromatic carbocycles. The number of nitrogens with one attached hydrogen (secondary N) is 2. The van der Waals surface area contributed by atoms with E-state index in [-0.39, 0.29) is 23.7 Å². The van der Waals surface area contributed by atoms with Gasteiger partial charge in [-0.25, -0.2) is 0 Å². The SMILES string of the molecule is C=CCn1c(=S)[nH]c2cc(C(=O)NCC(C)(C)c3ccc4c(c3)OCO4)ccc2c1=O. The predicted molar refractivity (Wildman–Crippen MR) is 122 cm³/mol. The fourth-order valence-electron chi connectivity index (χ4n) is 3.51. The van der Waals surface area contributed by atoms with Crippen molar-refractivity contribution < 1.29 is 14.3 Å². The zero-order valence-corrected chi connectivity index (χ0v) is 18.2. The van der Waals surface area contributed by atoms with Gasteiger partial charge < -0.3 is 19.8 Å². The van der Waals surface area contributed by atoms with Crippen LogP contribution in [-0.4, -0.2) is 28.8 Å². The number of benzene rings is 2. The molecule has 31 heavy (non-hydrogen) atoms. The summed E-state index contributed by atoms with van der Waals surface area (Å²) >= 11 is 5.27. The van der Waals surface area contributed by atoms with Crippen LogP contribution in [0.1, 0.15) is 29.8 Å². The van der Waals surface area contributed by atoms with E-state index in [2.05, 4.69) is 16.9 Å². The Morgan fingerprint density at radius 1 is 1.26 bits per heavy atom. The predicted octanol–water partition coefficient (Wildman–Crippen LogP) is 3.68. The van der Waals surface area contributed by atoms with E-state index in [9.17, 15) is 9.59 Å². The second-order valence-corrected chi connectivity index (χ2v) is 8.42. The highest BCUT2D eigenvalue weighted by molar-refractivity contribution is 7.71. The first-order valence-electron chi connectivity index (χ1n) is 9.86. The van der Waals surface area contributed by atoms with Crippen molar-refractivity contribution >= 4 is 29.0 Å². The van der Waals surface area contributed by atoms with Crippen molar-refractivity contribution in [3.05, 3.63) is 75.3 Å². The zero-order valence-electron chi connectivity index (χ0n) is 17.4.